The first-order chi connectivity index (χ1) is 13.1. The molecule has 0 radical (unpaired) electrons. The molecule has 0 aliphatic carbocycles. The normalized spacial score (nSPS) is 17.9. The van der Waals surface area contributed by atoms with Gasteiger partial charge in [-0.3, -0.25) is 15.0 Å². The fraction of sp³-hybridized carbons (Fsp3) is 0.450. The van der Waals surface area contributed by atoms with E-state index in [0.29, 0.717) is 25.1 Å². The zero-order chi connectivity index (χ0) is 20.5. The number of anilines is 1. The van der Waals surface area contributed by atoms with Gasteiger partial charge in [0, 0.05) is 26.1 Å². The lowest BCUT2D eigenvalue weighted by Gasteiger charge is -2.30. The third-order valence-corrected chi connectivity index (χ3v) is 4.52. The van der Waals surface area contributed by atoms with Crippen LogP contribution in [0.2, 0.25) is 0 Å². The van der Waals surface area contributed by atoms with Gasteiger partial charge in [0.15, 0.2) is 0 Å². The average Bonchev–Trinajstić information content (AvgIpc) is 2.61. The molecule has 150 valence electrons. The Labute approximate surface area is 163 Å². The minimum absolute atomic E-state index is 0.137. The van der Waals surface area contributed by atoms with E-state index in [1.807, 2.05) is 26.8 Å². The molecule has 0 unspecified atom stereocenters. The quantitative estimate of drug-likeness (QED) is 0.842. The Morgan fingerprint density at radius 2 is 1.93 bits per heavy atom. The highest BCUT2D eigenvalue weighted by Gasteiger charge is 2.27. The standard InChI is InChI=1S/C20H24FN3O4/c1-20(2,3)28-19(27)23-9-6-13(7-10-23)14-4-5-16(15(21)12-14)24-11-8-17(25)22-18(24)26/h4-6,12H,7-11H2,1-3H3,(H,22,25,26). The summed E-state index contributed by atoms with van der Waals surface area (Å²) in [5.74, 6) is -0.891. The van der Waals surface area contributed by atoms with Crippen LogP contribution in [0.5, 0.6) is 0 Å². The number of amides is 4. The van der Waals surface area contributed by atoms with Crippen LogP contribution in [-0.4, -0.2) is 48.2 Å². The van der Waals surface area contributed by atoms with Crippen molar-refractivity contribution in [2.45, 2.75) is 39.2 Å². The molecule has 1 aromatic rings. The number of benzene rings is 1. The largest absolute Gasteiger partial charge is 0.444 e. The number of hydrogen-bond acceptors (Lipinski definition) is 4. The van der Waals surface area contributed by atoms with E-state index in [0.717, 1.165) is 5.57 Å². The molecule has 0 bridgehead atoms. The Kier molecular flexibility index (Phi) is 5.40. The smallest absolute Gasteiger partial charge is 0.410 e. The van der Waals surface area contributed by atoms with E-state index in [4.69, 9.17) is 4.74 Å². The van der Waals surface area contributed by atoms with Crippen LogP contribution in [0.15, 0.2) is 24.3 Å². The number of nitrogens with zero attached hydrogens (tertiary/aromatic N) is 2. The molecule has 1 N–H and O–H groups in total. The molecule has 2 aliphatic rings. The molecular weight excluding hydrogens is 365 g/mol. The summed E-state index contributed by atoms with van der Waals surface area (Å²) in [5.41, 5.74) is 1.23. The summed E-state index contributed by atoms with van der Waals surface area (Å²) in [6, 6.07) is 4.06. The molecule has 7 nitrogen and oxygen atoms in total. The highest BCUT2D eigenvalue weighted by atomic mass is 19.1. The zero-order valence-corrected chi connectivity index (χ0v) is 16.3. The number of carbonyl (C=O) groups is 3. The molecular formula is C20H24FN3O4. The van der Waals surface area contributed by atoms with Gasteiger partial charge < -0.3 is 9.64 Å². The third-order valence-electron chi connectivity index (χ3n) is 4.52. The van der Waals surface area contributed by atoms with Crippen molar-refractivity contribution < 1.29 is 23.5 Å². The van der Waals surface area contributed by atoms with Crippen molar-refractivity contribution in [3.63, 3.8) is 0 Å². The second-order valence-electron chi connectivity index (χ2n) is 7.83. The zero-order valence-electron chi connectivity index (χ0n) is 16.3. The van der Waals surface area contributed by atoms with Gasteiger partial charge in [0.05, 0.1) is 5.69 Å². The molecule has 1 fully saturated rings. The Hall–Kier alpha value is -2.90. The van der Waals surface area contributed by atoms with E-state index in [1.165, 1.54) is 11.0 Å². The lowest BCUT2D eigenvalue weighted by atomic mass is 9.99. The van der Waals surface area contributed by atoms with Crippen molar-refractivity contribution in [1.82, 2.24) is 10.2 Å². The summed E-state index contributed by atoms with van der Waals surface area (Å²) in [7, 11) is 0. The first-order valence-electron chi connectivity index (χ1n) is 9.22. The molecule has 3 rings (SSSR count). The molecule has 1 saturated heterocycles. The predicted octanol–water partition coefficient (Wildman–Crippen LogP) is 3.30. The molecule has 28 heavy (non-hydrogen) atoms. The summed E-state index contributed by atoms with van der Waals surface area (Å²) < 4.78 is 20.0. The van der Waals surface area contributed by atoms with Gasteiger partial charge >= 0.3 is 12.1 Å². The number of halogens is 1. The third kappa shape index (κ3) is 4.49. The highest BCUT2D eigenvalue weighted by Crippen LogP contribution is 2.28. The first-order valence-corrected chi connectivity index (χ1v) is 9.22. The summed E-state index contributed by atoms with van der Waals surface area (Å²) >= 11 is 0. The number of imide groups is 1. The molecule has 0 atom stereocenters. The van der Waals surface area contributed by atoms with Gasteiger partial charge in [-0.25, -0.2) is 14.0 Å². The minimum atomic E-state index is -0.618. The van der Waals surface area contributed by atoms with E-state index in [-0.39, 0.29) is 30.7 Å². The summed E-state index contributed by atoms with van der Waals surface area (Å²) in [4.78, 5) is 38.1. The maximum atomic E-state index is 14.6. The molecule has 0 aromatic heterocycles. The minimum Gasteiger partial charge on any atom is -0.444 e. The van der Waals surface area contributed by atoms with Crippen LogP contribution < -0.4 is 10.2 Å². The van der Waals surface area contributed by atoms with Crippen molar-refractivity contribution in [3.05, 3.63) is 35.7 Å². The van der Waals surface area contributed by atoms with Crippen molar-refractivity contribution in [1.29, 1.82) is 0 Å². The maximum absolute atomic E-state index is 14.6. The van der Waals surface area contributed by atoms with Crippen molar-refractivity contribution >= 4 is 29.3 Å². The number of carbonyl (C=O) groups excluding carboxylic acids is 3. The first kappa shape index (κ1) is 19.9. The van der Waals surface area contributed by atoms with E-state index in [9.17, 15) is 18.8 Å². The van der Waals surface area contributed by atoms with E-state index in [1.54, 1.807) is 17.0 Å². The number of hydrogen-bond donors (Lipinski definition) is 1. The van der Waals surface area contributed by atoms with Gasteiger partial charge in [0.2, 0.25) is 5.91 Å². The summed E-state index contributed by atoms with van der Waals surface area (Å²) in [6.45, 7) is 6.48. The van der Waals surface area contributed by atoms with Crippen LogP contribution in [0.4, 0.5) is 19.7 Å². The Balaban J connectivity index is 1.70. The van der Waals surface area contributed by atoms with Gasteiger partial charge in [0.1, 0.15) is 11.4 Å². The summed E-state index contributed by atoms with van der Waals surface area (Å²) in [5, 5.41) is 2.19. The molecule has 1 aromatic carbocycles. The van der Waals surface area contributed by atoms with Crippen LogP contribution in [-0.2, 0) is 9.53 Å². The van der Waals surface area contributed by atoms with Crippen LogP contribution >= 0.6 is 0 Å². The molecule has 2 aliphatic heterocycles. The topological polar surface area (TPSA) is 79.0 Å². The maximum Gasteiger partial charge on any atom is 0.410 e. The van der Waals surface area contributed by atoms with Crippen molar-refractivity contribution in [2.75, 3.05) is 24.5 Å². The average molecular weight is 389 g/mol. The predicted molar refractivity (Wildman–Crippen MR) is 102 cm³/mol. The molecule has 4 amide bonds. The molecule has 0 spiro atoms. The summed E-state index contributed by atoms with van der Waals surface area (Å²) in [6.07, 6.45) is 2.23. The van der Waals surface area contributed by atoms with Gasteiger partial charge in [0.25, 0.3) is 0 Å². The van der Waals surface area contributed by atoms with E-state index >= 15 is 0 Å². The van der Waals surface area contributed by atoms with Gasteiger partial charge in [-0.1, -0.05) is 12.1 Å². The van der Waals surface area contributed by atoms with E-state index in [2.05, 4.69) is 5.32 Å². The number of rotatable bonds is 2. The fourth-order valence-electron chi connectivity index (χ4n) is 3.14. The fourth-order valence-corrected chi connectivity index (χ4v) is 3.14. The number of urea groups is 1. The Bertz CT molecular complexity index is 844. The Morgan fingerprint density at radius 1 is 1.18 bits per heavy atom. The van der Waals surface area contributed by atoms with Crippen LogP contribution in [0.3, 0.4) is 0 Å². The van der Waals surface area contributed by atoms with Crippen molar-refractivity contribution in [2.24, 2.45) is 0 Å². The molecule has 8 heteroatoms. The monoisotopic (exact) mass is 389 g/mol. The lowest BCUT2D eigenvalue weighted by Crippen LogP contribution is -2.49. The Morgan fingerprint density at radius 3 is 2.50 bits per heavy atom. The van der Waals surface area contributed by atoms with Crippen LogP contribution in [0, 0.1) is 5.82 Å². The number of nitrogens with one attached hydrogen (secondary N) is 1. The second-order valence-corrected chi connectivity index (χ2v) is 7.83. The van der Waals surface area contributed by atoms with Gasteiger partial charge in [-0.05, 0) is 50.5 Å². The molecule has 2 heterocycles. The lowest BCUT2D eigenvalue weighted by molar-refractivity contribution is -0.120. The second kappa shape index (κ2) is 7.61. The van der Waals surface area contributed by atoms with Gasteiger partial charge in [-0.15, -0.1) is 0 Å². The SMILES string of the molecule is CC(C)(C)OC(=O)N1CC=C(c2ccc(N3CCC(=O)NC3=O)c(F)c2)CC1. The van der Waals surface area contributed by atoms with Crippen LogP contribution in [0.25, 0.3) is 5.57 Å². The van der Waals surface area contributed by atoms with Crippen LogP contribution in [0.1, 0.15) is 39.2 Å². The highest BCUT2D eigenvalue weighted by molar-refractivity contribution is 6.05. The molecule has 0 saturated carbocycles. The van der Waals surface area contributed by atoms with Gasteiger partial charge in [-0.2, -0.15) is 0 Å². The van der Waals surface area contributed by atoms with E-state index < -0.39 is 17.4 Å². The van der Waals surface area contributed by atoms with Crippen molar-refractivity contribution in [3.8, 4) is 0 Å². The number of ether oxygens (including phenoxy) is 1.